The van der Waals surface area contributed by atoms with Crippen molar-refractivity contribution < 1.29 is 23.8 Å². The van der Waals surface area contributed by atoms with Gasteiger partial charge in [-0.05, 0) is 57.9 Å². The van der Waals surface area contributed by atoms with E-state index in [2.05, 4.69) is 15.9 Å². The fourth-order valence-electron chi connectivity index (χ4n) is 1.92. The summed E-state index contributed by atoms with van der Waals surface area (Å²) in [7, 11) is 0. The second-order valence-corrected chi connectivity index (χ2v) is 5.74. The van der Waals surface area contributed by atoms with Gasteiger partial charge in [-0.1, -0.05) is 18.2 Å². The van der Waals surface area contributed by atoms with Gasteiger partial charge in [0.15, 0.2) is 5.78 Å². The van der Waals surface area contributed by atoms with Gasteiger partial charge in [-0.25, -0.2) is 4.39 Å². The van der Waals surface area contributed by atoms with Crippen molar-refractivity contribution in [3.63, 3.8) is 0 Å². The number of ether oxygens (including phenoxy) is 1. The molecule has 0 heterocycles. The summed E-state index contributed by atoms with van der Waals surface area (Å²) in [6.45, 7) is 0.0734. The molecule has 0 aliphatic heterocycles. The average molecular weight is 393 g/mol. The van der Waals surface area contributed by atoms with Crippen LogP contribution in [-0.2, 0) is 4.79 Å². The lowest BCUT2D eigenvalue weighted by molar-refractivity contribution is -0.137. The minimum Gasteiger partial charge on any atom is -0.493 e. The summed E-state index contributed by atoms with van der Waals surface area (Å²) in [5.74, 6) is -1.09. The van der Waals surface area contributed by atoms with Crippen molar-refractivity contribution >= 4 is 33.8 Å². The lowest BCUT2D eigenvalue weighted by Crippen LogP contribution is -2.04. The topological polar surface area (TPSA) is 63.6 Å². The third kappa shape index (κ3) is 5.31. The van der Waals surface area contributed by atoms with Gasteiger partial charge in [0.25, 0.3) is 0 Å². The number of halogens is 2. The number of carbonyl (C=O) groups is 2. The van der Waals surface area contributed by atoms with Crippen LogP contribution in [0.5, 0.6) is 5.75 Å². The molecule has 0 aliphatic rings. The minimum absolute atomic E-state index is 0.0734. The molecule has 0 atom stereocenters. The van der Waals surface area contributed by atoms with E-state index in [9.17, 15) is 14.0 Å². The van der Waals surface area contributed by atoms with Crippen molar-refractivity contribution in [2.45, 2.75) is 6.42 Å². The summed E-state index contributed by atoms with van der Waals surface area (Å²) in [6.07, 6.45) is 2.91. The van der Waals surface area contributed by atoms with Crippen molar-refractivity contribution in [1.29, 1.82) is 0 Å². The van der Waals surface area contributed by atoms with Crippen LogP contribution in [0.3, 0.4) is 0 Å². The molecule has 2 aromatic rings. The molecule has 2 aromatic carbocycles. The van der Waals surface area contributed by atoms with E-state index in [1.807, 2.05) is 0 Å². The fourth-order valence-corrected chi connectivity index (χ4v) is 2.46. The highest BCUT2D eigenvalue weighted by atomic mass is 79.9. The standard InChI is InChI=1S/C18H14BrFO4/c19-16-11-13(20)5-6-15(16)17(21)7-4-12-2-1-3-14(10-12)24-9-8-18(22)23/h1-7,10-11H,8-9H2,(H,22,23). The first kappa shape index (κ1) is 17.9. The summed E-state index contributed by atoms with van der Waals surface area (Å²) in [6, 6.07) is 10.8. The molecule has 24 heavy (non-hydrogen) atoms. The van der Waals surface area contributed by atoms with Crippen molar-refractivity contribution in [2.75, 3.05) is 6.61 Å². The quantitative estimate of drug-likeness (QED) is 0.562. The zero-order chi connectivity index (χ0) is 17.5. The van der Waals surface area contributed by atoms with Crippen LogP contribution >= 0.6 is 15.9 Å². The Labute approximate surface area is 146 Å². The Kier molecular flexibility index (Phi) is 6.26. The molecule has 0 aliphatic carbocycles. The number of carboxylic acids is 1. The highest BCUT2D eigenvalue weighted by Gasteiger charge is 2.08. The molecule has 0 saturated carbocycles. The lowest BCUT2D eigenvalue weighted by atomic mass is 10.1. The fraction of sp³-hybridized carbons (Fsp3) is 0.111. The first-order valence-corrected chi connectivity index (χ1v) is 7.87. The molecule has 0 bridgehead atoms. The number of allylic oxidation sites excluding steroid dienone is 1. The number of hydrogen-bond acceptors (Lipinski definition) is 3. The van der Waals surface area contributed by atoms with Crippen molar-refractivity contribution in [3.05, 3.63) is 70.0 Å². The van der Waals surface area contributed by atoms with Gasteiger partial charge in [0.1, 0.15) is 11.6 Å². The smallest absolute Gasteiger partial charge is 0.306 e. The zero-order valence-electron chi connectivity index (χ0n) is 12.5. The lowest BCUT2D eigenvalue weighted by Gasteiger charge is -2.05. The Balaban J connectivity index is 2.05. The summed E-state index contributed by atoms with van der Waals surface area (Å²) < 4.78 is 18.8. The van der Waals surface area contributed by atoms with Gasteiger partial charge in [-0.2, -0.15) is 0 Å². The Morgan fingerprint density at radius 3 is 2.71 bits per heavy atom. The van der Waals surface area contributed by atoms with Crippen LogP contribution in [0.25, 0.3) is 6.08 Å². The Bertz CT molecular complexity index is 786. The van der Waals surface area contributed by atoms with Gasteiger partial charge >= 0.3 is 5.97 Å². The molecule has 0 radical (unpaired) electrons. The van der Waals surface area contributed by atoms with Crippen LogP contribution in [0.2, 0.25) is 0 Å². The number of carbonyl (C=O) groups excluding carboxylic acids is 1. The van der Waals surface area contributed by atoms with Crippen molar-refractivity contribution in [3.8, 4) is 5.75 Å². The number of hydrogen-bond donors (Lipinski definition) is 1. The number of benzene rings is 2. The Morgan fingerprint density at radius 1 is 1.21 bits per heavy atom. The molecule has 0 fully saturated rings. The van der Waals surface area contributed by atoms with Gasteiger partial charge in [-0.3, -0.25) is 9.59 Å². The van der Waals surface area contributed by atoms with E-state index in [1.165, 1.54) is 24.3 Å². The highest BCUT2D eigenvalue weighted by Crippen LogP contribution is 2.20. The first-order chi connectivity index (χ1) is 11.5. The van der Waals surface area contributed by atoms with E-state index in [0.29, 0.717) is 15.8 Å². The maximum Gasteiger partial charge on any atom is 0.306 e. The molecule has 124 valence electrons. The largest absolute Gasteiger partial charge is 0.493 e. The van der Waals surface area contributed by atoms with Gasteiger partial charge in [0.2, 0.25) is 0 Å². The minimum atomic E-state index is -0.929. The van der Waals surface area contributed by atoms with E-state index in [-0.39, 0.29) is 18.8 Å². The first-order valence-electron chi connectivity index (χ1n) is 7.08. The molecule has 1 N–H and O–H groups in total. The number of rotatable bonds is 7. The van der Waals surface area contributed by atoms with Crippen LogP contribution in [0, 0.1) is 5.82 Å². The summed E-state index contributed by atoms with van der Waals surface area (Å²) in [4.78, 5) is 22.6. The highest BCUT2D eigenvalue weighted by molar-refractivity contribution is 9.10. The number of ketones is 1. The summed E-state index contributed by atoms with van der Waals surface area (Å²) in [5.41, 5.74) is 1.09. The van der Waals surface area contributed by atoms with E-state index >= 15 is 0 Å². The van der Waals surface area contributed by atoms with Gasteiger partial charge in [-0.15, -0.1) is 0 Å². The normalized spacial score (nSPS) is 10.8. The van der Waals surface area contributed by atoms with Crippen LogP contribution in [-0.4, -0.2) is 23.5 Å². The second kappa shape index (κ2) is 8.40. The van der Waals surface area contributed by atoms with E-state index in [0.717, 1.165) is 5.56 Å². The molecule has 4 nitrogen and oxygen atoms in total. The average Bonchev–Trinajstić information content (AvgIpc) is 2.53. The third-order valence-electron chi connectivity index (χ3n) is 3.07. The molecule has 0 spiro atoms. The molecule has 2 rings (SSSR count). The summed E-state index contributed by atoms with van der Waals surface area (Å²) >= 11 is 3.16. The molecular formula is C18H14BrFO4. The predicted octanol–water partition coefficient (Wildman–Crippen LogP) is 4.34. The Hall–Kier alpha value is -2.47. The van der Waals surface area contributed by atoms with Crippen LogP contribution < -0.4 is 4.74 Å². The molecule has 0 amide bonds. The van der Waals surface area contributed by atoms with E-state index < -0.39 is 11.8 Å². The SMILES string of the molecule is O=C(O)CCOc1cccc(C=CC(=O)c2ccc(F)cc2Br)c1. The van der Waals surface area contributed by atoms with Gasteiger partial charge < -0.3 is 9.84 Å². The Morgan fingerprint density at radius 2 is 2.00 bits per heavy atom. The van der Waals surface area contributed by atoms with Crippen LogP contribution in [0.15, 0.2) is 53.0 Å². The maximum absolute atomic E-state index is 13.0. The molecule has 0 aromatic heterocycles. The third-order valence-corrected chi connectivity index (χ3v) is 3.72. The maximum atomic E-state index is 13.0. The summed E-state index contributed by atoms with van der Waals surface area (Å²) in [5, 5.41) is 8.58. The van der Waals surface area contributed by atoms with Crippen molar-refractivity contribution in [1.82, 2.24) is 0 Å². The van der Waals surface area contributed by atoms with Crippen LogP contribution in [0.1, 0.15) is 22.3 Å². The van der Waals surface area contributed by atoms with Crippen molar-refractivity contribution in [2.24, 2.45) is 0 Å². The number of carboxylic acid groups (broad SMARTS) is 1. The molecule has 6 heteroatoms. The van der Waals surface area contributed by atoms with E-state index in [1.54, 1.807) is 30.3 Å². The monoisotopic (exact) mass is 392 g/mol. The number of aliphatic carboxylic acids is 1. The van der Waals surface area contributed by atoms with Gasteiger partial charge in [0, 0.05) is 10.0 Å². The molecular weight excluding hydrogens is 379 g/mol. The zero-order valence-corrected chi connectivity index (χ0v) is 14.1. The molecule has 0 saturated heterocycles. The van der Waals surface area contributed by atoms with Crippen LogP contribution in [0.4, 0.5) is 4.39 Å². The van der Waals surface area contributed by atoms with Gasteiger partial charge in [0.05, 0.1) is 13.0 Å². The van der Waals surface area contributed by atoms with E-state index in [4.69, 9.17) is 9.84 Å². The molecule has 0 unspecified atom stereocenters. The predicted molar refractivity (Wildman–Crippen MR) is 91.7 cm³/mol. The second-order valence-electron chi connectivity index (χ2n) is 4.89.